The summed E-state index contributed by atoms with van der Waals surface area (Å²) in [6.07, 6.45) is 0. The number of nitrogens with one attached hydrogen (secondary N) is 1. The number of para-hydroxylation sites is 1. The maximum atomic E-state index is 12.3. The Morgan fingerprint density at radius 3 is 2.70 bits per heavy atom. The number of nitriles is 1. The molecule has 6 nitrogen and oxygen atoms in total. The van der Waals surface area contributed by atoms with Gasteiger partial charge in [0.25, 0.3) is 0 Å². The highest BCUT2D eigenvalue weighted by Gasteiger charge is 2.16. The molecule has 0 atom stereocenters. The first-order valence-corrected chi connectivity index (χ1v) is 9.47. The first-order chi connectivity index (χ1) is 12.8. The second-order valence-corrected chi connectivity index (χ2v) is 7.31. The van der Waals surface area contributed by atoms with Gasteiger partial charge in [0.2, 0.25) is 11.8 Å². The van der Waals surface area contributed by atoms with Crippen molar-refractivity contribution in [3.8, 4) is 6.07 Å². The Bertz CT molecular complexity index is 911. The standard InChI is InChI=1S/C19H19ClN4O2S/c1-12-8-13(2)22-19(14(12)9-21)27-11-18(26)24(3)10-17(25)23-16-7-5-4-6-15(16)20/h4-8H,10-11H2,1-3H3,(H,23,25). The predicted molar refractivity (Wildman–Crippen MR) is 107 cm³/mol. The Morgan fingerprint density at radius 1 is 1.33 bits per heavy atom. The summed E-state index contributed by atoms with van der Waals surface area (Å²) < 4.78 is 0. The number of hydrogen-bond acceptors (Lipinski definition) is 5. The monoisotopic (exact) mass is 402 g/mol. The van der Waals surface area contributed by atoms with E-state index in [4.69, 9.17) is 11.6 Å². The molecule has 2 aromatic rings. The molecule has 0 aliphatic heterocycles. The molecule has 0 aliphatic rings. The summed E-state index contributed by atoms with van der Waals surface area (Å²) >= 11 is 7.20. The topological polar surface area (TPSA) is 86.1 Å². The van der Waals surface area contributed by atoms with Crippen LogP contribution in [0.15, 0.2) is 35.4 Å². The molecule has 0 bridgehead atoms. The molecule has 1 N–H and O–H groups in total. The minimum absolute atomic E-state index is 0.0838. The molecular weight excluding hydrogens is 384 g/mol. The highest BCUT2D eigenvalue weighted by Crippen LogP contribution is 2.24. The van der Waals surface area contributed by atoms with Gasteiger partial charge >= 0.3 is 0 Å². The lowest BCUT2D eigenvalue weighted by molar-refractivity contribution is -0.131. The van der Waals surface area contributed by atoms with Crippen molar-refractivity contribution in [1.82, 2.24) is 9.88 Å². The smallest absolute Gasteiger partial charge is 0.244 e. The molecule has 0 fully saturated rings. The van der Waals surface area contributed by atoms with Gasteiger partial charge in [-0.05, 0) is 37.6 Å². The van der Waals surface area contributed by atoms with Gasteiger partial charge in [0.1, 0.15) is 11.1 Å². The van der Waals surface area contributed by atoms with Gasteiger partial charge in [0.15, 0.2) is 0 Å². The summed E-state index contributed by atoms with van der Waals surface area (Å²) in [6.45, 7) is 3.57. The van der Waals surface area contributed by atoms with E-state index < -0.39 is 0 Å². The van der Waals surface area contributed by atoms with Crippen LogP contribution in [0.4, 0.5) is 5.69 Å². The van der Waals surface area contributed by atoms with E-state index in [0.717, 1.165) is 11.3 Å². The summed E-state index contributed by atoms with van der Waals surface area (Å²) in [6, 6.07) is 10.8. The van der Waals surface area contributed by atoms with E-state index in [9.17, 15) is 14.9 Å². The molecule has 140 valence electrons. The van der Waals surface area contributed by atoms with Crippen LogP contribution in [0.3, 0.4) is 0 Å². The summed E-state index contributed by atoms with van der Waals surface area (Å²) in [5.74, 6) is -0.495. The molecule has 1 heterocycles. The molecule has 1 aromatic carbocycles. The number of benzene rings is 1. The number of hydrogen-bond donors (Lipinski definition) is 1. The minimum atomic E-state index is -0.341. The summed E-state index contributed by atoms with van der Waals surface area (Å²) in [5.41, 5.74) is 2.58. The number of carbonyl (C=O) groups is 2. The number of anilines is 1. The molecule has 0 saturated heterocycles. The number of likely N-dealkylation sites (N-methyl/N-ethyl adjacent to an activating group) is 1. The fraction of sp³-hybridized carbons (Fsp3) is 0.263. The van der Waals surface area contributed by atoms with Crippen molar-refractivity contribution in [2.75, 3.05) is 24.7 Å². The van der Waals surface area contributed by atoms with Gasteiger partial charge in [-0.2, -0.15) is 5.26 Å². The van der Waals surface area contributed by atoms with E-state index in [-0.39, 0.29) is 24.1 Å². The van der Waals surface area contributed by atoms with Crippen LogP contribution in [0.5, 0.6) is 0 Å². The second kappa shape index (κ2) is 9.40. The van der Waals surface area contributed by atoms with Crippen molar-refractivity contribution < 1.29 is 9.59 Å². The lowest BCUT2D eigenvalue weighted by atomic mass is 10.1. The zero-order chi connectivity index (χ0) is 20.0. The molecule has 0 unspecified atom stereocenters. The highest BCUT2D eigenvalue weighted by atomic mass is 35.5. The van der Waals surface area contributed by atoms with Gasteiger partial charge in [-0.15, -0.1) is 0 Å². The van der Waals surface area contributed by atoms with Crippen molar-refractivity contribution in [1.29, 1.82) is 5.26 Å². The second-order valence-electron chi connectivity index (χ2n) is 5.94. The first kappa shape index (κ1) is 20.7. The summed E-state index contributed by atoms with van der Waals surface area (Å²) in [4.78, 5) is 30.1. The Labute approximate surface area is 167 Å². The van der Waals surface area contributed by atoms with Gasteiger partial charge in [-0.25, -0.2) is 4.98 Å². The number of rotatable bonds is 6. The molecule has 2 rings (SSSR count). The van der Waals surface area contributed by atoms with Crippen LogP contribution in [0.2, 0.25) is 5.02 Å². The molecule has 1 aromatic heterocycles. The van der Waals surface area contributed by atoms with Crippen LogP contribution in [0.1, 0.15) is 16.8 Å². The number of carbonyl (C=O) groups excluding carboxylic acids is 2. The maximum absolute atomic E-state index is 12.3. The van der Waals surface area contributed by atoms with Crippen LogP contribution in [-0.4, -0.2) is 41.0 Å². The maximum Gasteiger partial charge on any atom is 0.244 e. The van der Waals surface area contributed by atoms with Crippen molar-refractivity contribution in [3.63, 3.8) is 0 Å². The van der Waals surface area contributed by atoms with E-state index in [1.54, 1.807) is 31.3 Å². The third kappa shape index (κ3) is 5.71. The number of thioether (sulfide) groups is 1. The van der Waals surface area contributed by atoms with E-state index in [1.807, 2.05) is 19.9 Å². The number of nitrogens with zero attached hydrogens (tertiary/aromatic N) is 3. The number of halogens is 1. The average molecular weight is 403 g/mol. The van der Waals surface area contributed by atoms with Gasteiger partial charge in [-0.1, -0.05) is 35.5 Å². The van der Waals surface area contributed by atoms with Crippen LogP contribution in [-0.2, 0) is 9.59 Å². The average Bonchev–Trinajstić information content (AvgIpc) is 2.61. The number of amides is 2. The number of pyridine rings is 1. The van der Waals surface area contributed by atoms with Gasteiger partial charge in [0.05, 0.1) is 28.6 Å². The fourth-order valence-corrected chi connectivity index (χ4v) is 3.56. The SMILES string of the molecule is Cc1cc(C)c(C#N)c(SCC(=O)N(C)CC(=O)Nc2ccccc2Cl)n1. The zero-order valence-electron chi connectivity index (χ0n) is 15.2. The molecule has 0 radical (unpaired) electrons. The molecule has 2 amide bonds. The Balaban J connectivity index is 1.94. The number of aryl methyl sites for hydroxylation is 2. The third-order valence-corrected chi connectivity index (χ3v) is 5.00. The lowest BCUT2D eigenvalue weighted by Crippen LogP contribution is -2.36. The molecule has 27 heavy (non-hydrogen) atoms. The molecule has 0 aliphatic carbocycles. The Kier molecular flexibility index (Phi) is 7.22. The predicted octanol–water partition coefficient (Wildman–Crippen LogP) is 3.41. The molecule has 0 spiro atoms. The molecular formula is C19H19ClN4O2S. The molecule has 8 heteroatoms. The van der Waals surface area contributed by atoms with Gasteiger partial charge in [-0.3, -0.25) is 9.59 Å². The van der Waals surface area contributed by atoms with Crippen LogP contribution >= 0.6 is 23.4 Å². The van der Waals surface area contributed by atoms with Gasteiger partial charge in [0, 0.05) is 12.7 Å². The quantitative estimate of drug-likeness (QED) is 0.748. The van der Waals surface area contributed by atoms with Gasteiger partial charge < -0.3 is 10.2 Å². The van der Waals surface area contributed by atoms with E-state index in [2.05, 4.69) is 16.4 Å². The normalized spacial score (nSPS) is 10.2. The van der Waals surface area contributed by atoms with Crippen LogP contribution in [0.25, 0.3) is 0 Å². The van der Waals surface area contributed by atoms with Crippen LogP contribution in [0, 0.1) is 25.2 Å². The minimum Gasteiger partial charge on any atom is -0.336 e. The summed E-state index contributed by atoms with van der Waals surface area (Å²) in [7, 11) is 1.55. The van der Waals surface area contributed by atoms with E-state index in [1.165, 1.54) is 16.7 Å². The molecule has 0 saturated carbocycles. The Morgan fingerprint density at radius 2 is 2.04 bits per heavy atom. The lowest BCUT2D eigenvalue weighted by Gasteiger charge is -2.17. The van der Waals surface area contributed by atoms with Crippen molar-refractivity contribution in [2.45, 2.75) is 18.9 Å². The zero-order valence-corrected chi connectivity index (χ0v) is 16.8. The van der Waals surface area contributed by atoms with Crippen molar-refractivity contribution in [3.05, 3.63) is 52.2 Å². The van der Waals surface area contributed by atoms with E-state index in [0.29, 0.717) is 21.3 Å². The highest BCUT2D eigenvalue weighted by molar-refractivity contribution is 8.00. The Hall–Kier alpha value is -2.56. The van der Waals surface area contributed by atoms with Crippen molar-refractivity contribution >= 4 is 40.9 Å². The van der Waals surface area contributed by atoms with Crippen LogP contribution < -0.4 is 5.32 Å². The first-order valence-electron chi connectivity index (χ1n) is 8.11. The largest absolute Gasteiger partial charge is 0.336 e. The number of aromatic nitrogens is 1. The third-order valence-electron chi connectivity index (χ3n) is 3.71. The van der Waals surface area contributed by atoms with Crippen molar-refractivity contribution in [2.24, 2.45) is 0 Å². The summed E-state index contributed by atoms with van der Waals surface area (Å²) in [5, 5.41) is 12.9. The van der Waals surface area contributed by atoms with E-state index >= 15 is 0 Å². The fourth-order valence-electron chi connectivity index (χ4n) is 2.34.